The van der Waals surface area contributed by atoms with Crippen LogP contribution in [0.25, 0.3) is 0 Å². The molecule has 3 aromatic rings. The number of nitrogens with zero attached hydrogens (tertiary/aromatic N) is 4. The van der Waals surface area contributed by atoms with E-state index in [1.54, 1.807) is 18.1 Å². The van der Waals surface area contributed by atoms with Gasteiger partial charge in [0.15, 0.2) is 5.78 Å². The highest BCUT2D eigenvalue weighted by Gasteiger charge is 2.27. The van der Waals surface area contributed by atoms with E-state index < -0.39 is 0 Å². The van der Waals surface area contributed by atoms with Crippen LogP contribution in [0.2, 0.25) is 0 Å². The van der Waals surface area contributed by atoms with Crippen molar-refractivity contribution in [3.8, 4) is 11.5 Å². The molecule has 1 fully saturated rings. The van der Waals surface area contributed by atoms with Gasteiger partial charge >= 0.3 is 0 Å². The molecule has 33 heavy (non-hydrogen) atoms. The molecule has 2 heterocycles. The van der Waals surface area contributed by atoms with Gasteiger partial charge in [0, 0.05) is 30.1 Å². The summed E-state index contributed by atoms with van der Waals surface area (Å²) in [6.45, 7) is 7.14. The molecule has 0 N–H and O–H groups in total. The van der Waals surface area contributed by atoms with Gasteiger partial charge in [0.05, 0.1) is 19.8 Å². The predicted molar refractivity (Wildman–Crippen MR) is 127 cm³/mol. The fourth-order valence-corrected chi connectivity index (χ4v) is 4.44. The summed E-state index contributed by atoms with van der Waals surface area (Å²) in [4.78, 5) is 19.6. The first kappa shape index (κ1) is 23.0. The summed E-state index contributed by atoms with van der Waals surface area (Å²) in [7, 11) is 1.68. The lowest BCUT2D eigenvalue weighted by atomic mass is 9.89. The monoisotopic (exact) mass is 448 g/mol. The van der Waals surface area contributed by atoms with Gasteiger partial charge in [0.1, 0.15) is 24.2 Å². The highest BCUT2D eigenvalue weighted by molar-refractivity contribution is 5.98. The lowest BCUT2D eigenvalue weighted by Gasteiger charge is -2.32. The maximum atomic E-state index is 13.2. The van der Waals surface area contributed by atoms with Crippen LogP contribution < -0.4 is 9.47 Å². The fraction of sp³-hybridized carbons (Fsp3) is 0.423. The number of methoxy groups -OCH3 is 1. The normalized spacial score (nSPS) is 16.7. The first-order valence-corrected chi connectivity index (χ1v) is 11.5. The minimum atomic E-state index is 0.000849. The van der Waals surface area contributed by atoms with E-state index in [1.807, 2.05) is 44.2 Å². The summed E-state index contributed by atoms with van der Waals surface area (Å²) < 4.78 is 13.1. The molecule has 0 bridgehead atoms. The molecule has 4 rings (SSSR count). The molecule has 1 aromatic heterocycles. The minimum Gasteiger partial charge on any atom is -0.496 e. The maximum absolute atomic E-state index is 13.2. The minimum absolute atomic E-state index is 0.000849. The number of rotatable bonds is 9. The Morgan fingerprint density at radius 1 is 1.18 bits per heavy atom. The van der Waals surface area contributed by atoms with Gasteiger partial charge in [-0.15, -0.1) is 0 Å². The van der Waals surface area contributed by atoms with E-state index in [-0.39, 0.29) is 17.8 Å². The van der Waals surface area contributed by atoms with Gasteiger partial charge in [-0.3, -0.25) is 9.69 Å². The number of carbonyl (C=O) groups excluding carboxylic acids is 1. The van der Waals surface area contributed by atoms with Crippen LogP contribution in [0.5, 0.6) is 11.5 Å². The summed E-state index contributed by atoms with van der Waals surface area (Å²) >= 11 is 0. The molecule has 1 atom stereocenters. The molecule has 1 unspecified atom stereocenters. The van der Waals surface area contributed by atoms with E-state index in [4.69, 9.17) is 9.47 Å². The second-order valence-electron chi connectivity index (χ2n) is 8.87. The predicted octanol–water partition coefficient (Wildman–Crippen LogP) is 4.22. The summed E-state index contributed by atoms with van der Waals surface area (Å²) in [5.74, 6) is 1.79. The van der Waals surface area contributed by atoms with E-state index in [9.17, 15) is 4.79 Å². The smallest absolute Gasteiger partial charge is 0.167 e. The Morgan fingerprint density at radius 2 is 2.06 bits per heavy atom. The summed E-state index contributed by atoms with van der Waals surface area (Å²) in [6, 6.07) is 13.9. The van der Waals surface area contributed by atoms with Gasteiger partial charge in [-0.2, -0.15) is 5.10 Å². The third-order valence-corrected chi connectivity index (χ3v) is 5.92. The van der Waals surface area contributed by atoms with Gasteiger partial charge in [0.2, 0.25) is 0 Å². The molecular weight excluding hydrogens is 416 g/mol. The second kappa shape index (κ2) is 10.6. The van der Waals surface area contributed by atoms with Crippen molar-refractivity contribution in [3.05, 3.63) is 71.8 Å². The lowest BCUT2D eigenvalue weighted by Crippen LogP contribution is -2.38. The molecule has 0 spiro atoms. The molecule has 1 saturated heterocycles. The molecule has 2 aromatic carbocycles. The standard InChI is InChI=1S/C26H32N4O3/c1-19(2)33-24-8-4-6-21(13-24)26(31)22-7-5-11-29(15-22)14-20-9-10-25(32-3)23(12-20)16-30-18-27-17-28-30/h4,6,8-10,12-13,17-19,22H,5,7,11,14-16H2,1-3H3. The van der Waals surface area contributed by atoms with E-state index in [2.05, 4.69) is 27.1 Å². The van der Waals surface area contributed by atoms with E-state index in [0.717, 1.165) is 55.1 Å². The van der Waals surface area contributed by atoms with E-state index in [0.29, 0.717) is 6.54 Å². The summed E-state index contributed by atoms with van der Waals surface area (Å²) in [5.41, 5.74) is 3.00. The van der Waals surface area contributed by atoms with Crippen molar-refractivity contribution >= 4 is 5.78 Å². The molecule has 0 radical (unpaired) electrons. The number of ether oxygens (including phenoxy) is 2. The number of carbonyl (C=O) groups is 1. The number of ketones is 1. The van der Waals surface area contributed by atoms with Crippen LogP contribution in [0.1, 0.15) is 48.2 Å². The Bertz CT molecular complexity index is 1070. The number of piperidine rings is 1. The van der Waals surface area contributed by atoms with E-state index in [1.165, 1.54) is 11.9 Å². The molecule has 1 aliphatic heterocycles. The van der Waals surface area contributed by atoms with E-state index >= 15 is 0 Å². The Hall–Kier alpha value is -3.19. The van der Waals surface area contributed by atoms with Crippen LogP contribution in [0.4, 0.5) is 0 Å². The van der Waals surface area contributed by atoms with Gasteiger partial charge in [-0.25, -0.2) is 9.67 Å². The number of Topliss-reactive ketones (excluding diaryl/α,β-unsaturated/α-hetero) is 1. The van der Waals surface area contributed by atoms with Crippen molar-refractivity contribution in [3.63, 3.8) is 0 Å². The average Bonchev–Trinajstić information content (AvgIpc) is 3.32. The van der Waals surface area contributed by atoms with Gasteiger partial charge in [0.25, 0.3) is 0 Å². The van der Waals surface area contributed by atoms with Crippen LogP contribution in [0, 0.1) is 5.92 Å². The van der Waals surface area contributed by atoms with Crippen LogP contribution in [-0.2, 0) is 13.1 Å². The van der Waals surface area contributed by atoms with Gasteiger partial charge < -0.3 is 9.47 Å². The molecule has 174 valence electrons. The quantitative estimate of drug-likeness (QED) is 0.457. The van der Waals surface area contributed by atoms with Crippen molar-refractivity contribution in [1.29, 1.82) is 0 Å². The zero-order valence-corrected chi connectivity index (χ0v) is 19.6. The average molecular weight is 449 g/mol. The molecule has 1 aliphatic rings. The SMILES string of the molecule is COc1ccc(CN2CCCC(C(=O)c3cccc(OC(C)C)c3)C2)cc1Cn1cncn1. The molecule has 7 heteroatoms. The third kappa shape index (κ3) is 5.99. The maximum Gasteiger partial charge on any atom is 0.167 e. The molecule has 0 saturated carbocycles. The Kier molecular flexibility index (Phi) is 7.40. The molecule has 7 nitrogen and oxygen atoms in total. The van der Waals surface area contributed by atoms with Crippen molar-refractivity contribution in [1.82, 2.24) is 19.7 Å². The Balaban J connectivity index is 1.43. The Morgan fingerprint density at radius 3 is 2.82 bits per heavy atom. The van der Waals surface area contributed by atoms with Crippen LogP contribution in [0.3, 0.4) is 0 Å². The second-order valence-corrected chi connectivity index (χ2v) is 8.87. The summed E-state index contributed by atoms with van der Waals surface area (Å²) in [6.07, 6.45) is 5.25. The largest absolute Gasteiger partial charge is 0.496 e. The van der Waals surface area contributed by atoms with Crippen LogP contribution in [-0.4, -0.2) is 51.8 Å². The third-order valence-electron chi connectivity index (χ3n) is 5.92. The topological polar surface area (TPSA) is 69.5 Å². The summed E-state index contributed by atoms with van der Waals surface area (Å²) in [5, 5.41) is 4.21. The highest BCUT2D eigenvalue weighted by Crippen LogP contribution is 2.26. The zero-order chi connectivity index (χ0) is 23.2. The van der Waals surface area contributed by atoms with Gasteiger partial charge in [-0.1, -0.05) is 18.2 Å². The van der Waals surface area contributed by atoms with Crippen molar-refractivity contribution in [2.24, 2.45) is 5.92 Å². The highest BCUT2D eigenvalue weighted by atomic mass is 16.5. The number of aromatic nitrogens is 3. The number of hydrogen-bond acceptors (Lipinski definition) is 6. The zero-order valence-electron chi connectivity index (χ0n) is 19.6. The first-order valence-electron chi connectivity index (χ1n) is 11.5. The van der Waals surface area contributed by atoms with Crippen molar-refractivity contribution < 1.29 is 14.3 Å². The van der Waals surface area contributed by atoms with Crippen LogP contribution in [0.15, 0.2) is 55.1 Å². The molecule has 0 amide bonds. The molecule has 0 aliphatic carbocycles. The lowest BCUT2D eigenvalue weighted by molar-refractivity contribution is 0.0811. The van der Waals surface area contributed by atoms with Crippen molar-refractivity contribution in [2.75, 3.05) is 20.2 Å². The van der Waals surface area contributed by atoms with Crippen LogP contribution >= 0.6 is 0 Å². The Labute approximate surface area is 195 Å². The number of hydrogen-bond donors (Lipinski definition) is 0. The fourth-order valence-electron chi connectivity index (χ4n) is 4.44. The number of benzene rings is 2. The van der Waals surface area contributed by atoms with Crippen molar-refractivity contribution in [2.45, 2.75) is 45.9 Å². The van der Waals surface area contributed by atoms with Gasteiger partial charge in [-0.05, 0) is 63.1 Å². The molecular formula is C26H32N4O3. The number of likely N-dealkylation sites (tertiary alicyclic amines) is 1. The first-order chi connectivity index (χ1) is 16.0.